The number of pyridine rings is 1. The monoisotopic (exact) mass is 358 g/mol. The van der Waals surface area contributed by atoms with Gasteiger partial charge in [0.25, 0.3) is 0 Å². The molecule has 4 heteroatoms. The highest BCUT2D eigenvalue weighted by molar-refractivity contribution is 6.14. The van der Waals surface area contributed by atoms with Crippen LogP contribution in [0, 0.1) is 6.92 Å². The van der Waals surface area contributed by atoms with Crippen molar-refractivity contribution < 1.29 is 18.8 Å². The fraction of sp³-hybridized carbons (Fsp3) is 0.130. The van der Waals surface area contributed by atoms with E-state index in [1.54, 1.807) is 31.4 Å². The number of allylic oxidation sites excluding steroid dienone is 1. The number of carbonyl (C=O) groups excluding carboxylic acids is 1. The van der Waals surface area contributed by atoms with E-state index >= 15 is 0 Å². The van der Waals surface area contributed by atoms with Crippen LogP contribution in [0.4, 0.5) is 0 Å². The van der Waals surface area contributed by atoms with E-state index in [2.05, 4.69) is 29.7 Å². The lowest BCUT2D eigenvalue weighted by atomic mass is 10.1. The van der Waals surface area contributed by atoms with Gasteiger partial charge in [-0.25, -0.2) is 4.57 Å². The Kier molecular flexibility index (Phi) is 4.47. The minimum atomic E-state index is -0.107. The fourth-order valence-corrected chi connectivity index (χ4v) is 3.10. The zero-order chi connectivity index (χ0) is 18.8. The largest absolute Gasteiger partial charge is 0.497 e. The van der Waals surface area contributed by atoms with E-state index in [0.717, 1.165) is 12.1 Å². The molecular weight excluding hydrogens is 338 g/mol. The predicted octanol–water partition coefficient (Wildman–Crippen LogP) is 3.96. The van der Waals surface area contributed by atoms with Crippen LogP contribution >= 0.6 is 0 Å². The second-order valence-electron chi connectivity index (χ2n) is 6.53. The molecule has 0 saturated carbocycles. The number of nitrogens with zero attached hydrogens (tertiary/aromatic N) is 1. The number of Topliss-reactive ketones (excluding diaryl/α,β-unsaturated/α-hetero) is 1. The van der Waals surface area contributed by atoms with Crippen molar-refractivity contribution in [3.63, 3.8) is 0 Å². The minimum Gasteiger partial charge on any atom is -0.497 e. The van der Waals surface area contributed by atoms with Crippen LogP contribution < -0.4 is 14.0 Å². The molecule has 2 aromatic carbocycles. The van der Waals surface area contributed by atoms with Gasteiger partial charge in [0.05, 0.1) is 12.7 Å². The van der Waals surface area contributed by atoms with Crippen LogP contribution in [-0.2, 0) is 6.54 Å². The molecule has 134 valence electrons. The predicted molar refractivity (Wildman–Crippen MR) is 103 cm³/mol. The Balaban J connectivity index is 1.53. The first-order chi connectivity index (χ1) is 13.1. The molecule has 27 heavy (non-hydrogen) atoms. The number of fused-ring (bicyclic) bond motifs is 1. The van der Waals surface area contributed by atoms with Crippen molar-refractivity contribution in [1.29, 1.82) is 0 Å². The van der Waals surface area contributed by atoms with E-state index in [0.29, 0.717) is 22.8 Å². The van der Waals surface area contributed by atoms with Crippen LogP contribution in [0.5, 0.6) is 11.5 Å². The normalized spacial score (nSPS) is 14.1. The number of ketones is 1. The van der Waals surface area contributed by atoms with Gasteiger partial charge in [-0.3, -0.25) is 4.79 Å². The van der Waals surface area contributed by atoms with E-state index in [9.17, 15) is 4.79 Å². The third-order valence-electron chi connectivity index (χ3n) is 4.71. The third kappa shape index (κ3) is 3.47. The summed E-state index contributed by atoms with van der Waals surface area (Å²) in [5, 5.41) is 0. The van der Waals surface area contributed by atoms with E-state index in [1.807, 2.05) is 30.6 Å². The molecule has 0 unspecified atom stereocenters. The van der Waals surface area contributed by atoms with Crippen molar-refractivity contribution in [3.8, 4) is 11.5 Å². The summed E-state index contributed by atoms with van der Waals surface area (Å²) in [5.74, 6) is 1.43. The molecule has 0 saturated heterocycles. The van der Waals surface area contributed by atoms with E-state index in [1.165, 1.54) is 11.1 Å². The SMILES string of the molecule is COc1ccc2c(c1)O/C(=C\c1cc[n+](Cc3ccccc3C)cc1)C2=O. The number of hydrogen-bond acceptors (Lipinski definition) is 3. The van der Waals surface area contributed by atoms with Gasteiger partial charge in [0, 0.05) is 23.8 Å². The molecule has 1 aliphatic heterocycles. The average Bonchev–Trinajstić information content (AvgIpc) is 3.00. The van der Waals surface area contributed by atoms with Gasteiger partial charge in [0.15, 0.2) is 24.7 Å². The standard InChI is InChI=1S/C23H20NO3/c1-16-5-3-4-6-18(16)15-24-11-9-17(10-12-24)13-22-23(25)20-8-7-19(26-2)14-21(20)27-22/h3-14H,15H2,1-2H3/q+1/b22-13-. The van der Waals surface area contributed by atoms with Crippen LogP contribution in [0.2, 0.25) is 0 Å². The van der Waals surface area contributed by atoms with E-state index in [4.69, 9.17) is 9.47 Å². The highest BCUT2D eigenvalue weighted by atomic mass is 16.5. The van der Waals surface area contributed by atoms with Gasteiger partial charge < -0.3 is 9.47 Å². The van der Waals surface area contributed by atoms with Gasteiger partial charge in [0.1, 0.15) is 11.5 Å². The molecule has 2 heterocycles. The van der Waals surface area contributed by atoms with Gasteiger partial charge >= 0.3 is 0 Å². The van der Waals surface area contributed by atoms with E-state index < -0.39 is 0 Å². The minimum absolute atomic E-state index is 0.107. The molecule has 0 aliphatic carbocycles. The summed E-state index contributed by atoms with van der Waals surface area (Å²) >= 11 is 0. The van der Waals surface area contributed by atoms with Crippen molar-refractivity contribution in [2.45, 2.75) is 13.5 Å². The lowest BCUT2D eigenvalue weighted by Gasteiger charge is -2.02. The number of ether oxygens (including phenoxy) is 2. The second-order valence-corrected chi connectivity index (χ2v) is 6.53. The topological polar surface area (TPSA) is 39.4 Å². The Morgan fingerprint density at radius 1 is 1.07 bits per heavy atom. The smallest absolute Gasteiger partial charge is 0.231 e. The Labute approximate surface area is 158 Å². The van der Waals surface area contributed by atoms with Gasteiger partial charge in [-0.2, -0.15) is 0 Å². The Bertz CT molecular complexity index is 1040. The molecule has 0 radical (unpaired) electrons. The number of aryl methyl sites for hydroxylation is 1. The van der Waals surface area contributed by atoms with Crippen LogP contribution in [-0.4, -0.2) is 12.9 Å². The molecule has 0 fully saturated rings. The van der Waals surface area contributed by atoms with Gasteiger partial charge in [-0.05, 0) is 36.3 Å². The molecule has 0 amide bonds. The number of methoxy groups -OCH3 is 1. The highest BCUT2D eigenvalue weighted by Gasteiger charge is 2.27. The lowest BCUT2D eigenvalue weighted by Crippen LogP contribution is -2.33. The zero-order valence-corrected chi connectivity index (χ0v) is 15.3. The van der Waals surface area contributed by atoms with Gasteiger partial charge in [-0.1, -0.05) is 24.3 Å². The molecule has 0 N–H and O–H groups in total. The molecule has 0 spiro atoms. The molecule has 4 nitrogen and oxygen atoms in total. The van der Waals surface area contributed by atoms with E-state index in [-0.39, 0.29) is 5.78 Å². The van der Waals surface area contributed by atoms with Crippen molar-refractivity contribution in [3.05, 3.63) is 95.0 Å². The fourth-order valence-electron chi connectivity index (χ4n) is 3.10. The Morgan fingerprint density at radius 2 is 1.85 bits per heavy atom. The summed E-state index contributed by atoms with van der Waals surface area (Å²) < 4.78 is 13.0. The first kappa shape index (κ1) is 17.0. The molecular formula is C23H20NO3+. The van der Waals surface area contributed by atoms with Crippen molar-refractivity contribution in [1.82, 2.24) is 0 Å². The number of carbonyl (C=O) groups is 1. The van der Waals surface area contributed by atoms with Crippen LogP contribution in [0.25, 0.3) is 6.08 Å². The third-order valence-corrected chi connectivity index (χ3v) is 4.71. The summed E-state index contributed by atoms with van der Waals surface area (Å²) in [6.07, 6.45) is 5.79. The Morgan fingerprint density at radius 3 is 2.59 bits per heavy atom. The summed E-state index contributed by atoms with van der Waals surface area (Å²) in [6.45, 7) is 2.93. The molecule has 3 aromatic rings. The molecule has 1 aliphatic rings. The second kappa shape index (κ2) is 7.08. The maximum absolute atomic E-state index is 12.5. The first-order valence-electron chi connectivity index (χ1n) is 8.80. The molecule has 4 rings (SSSR count). The quantitative estimate of drug-likeness (QED) is 0.524. The Hall–Kier alpha value is -3.40. The van der Waals surface area contributed by atoms with Crippen molar-refractivity contribution in [2.24, 2.45) is 0 Å². The summed E-state index contributed by atoms with van der Waals surface area (Å²) in [4.78, 5) is 12.5. The lowest BCUT2D eigenvalue weighted by molar-refractivity contribution is -0.688. The maximum atomic E-state index is 12.5. The van der Waals surface area contributed by atoms with Gasteiger partial charge in [-0.15, -0.1) is 0 Å². The molecule has 0 bridgehead atoms. The zero-order valence-electron chi connectivity index (χ0n) is 15.3. The summed E-state index contributed by atoms with van der Waals surface area (Å²) in [5.41, 5.74) is 4.04. The summed E-state index contributed by atoms with van der Waals surface area (Å²) in [7, 11) is 1.59. The van der Waals surface area contributed by atoms with Crippen LogP contribution in [0.15, 0.2) is 72.8 Å². The van der Waals surface area contributed by atoms with Crippen LogP contribution in [0.3, 0.4) is 0 Å². The molecule has 1 aromatic heterocycles. The van der Waals surface area contributed by atoms with Crippen molar-refractivity contribution in [2.75, 3.05) is 7.11 Å². The number of hydrogen-bond donors (Lipinski definition) is 0. The summed E-state index contributed by atoms with van der Waals surface area (Å²) in [6, 6.07) is 17.5. The number of benzene rings is 2. The van der Waals surface area contributed by atoms with Crippen LogP contribution in [0.1, 0.15) is 27.0 Å². The molecule has 0 atom stereocenters. The number of rotatable bonds is 4. The van der Waals surface area contributed by atoms with Crippen molar-refractivity contribution >= 4 is 11.9 Å². The average molecular weight is 358 g/mol. The maximum Gasteiger partial charge on any atom is 0.231 e. The van der Waals surface area contributed by atoms with Gasteiger partial charge in [0.2, 0.25) is 5.78 Å². The number of aromatic nitrogens is 1. The first-order valence-corrected chi connectivity index (χ1v) is 8.80. The highest BCUT2D eigenvalue weighted by Crippen LogP contribution is 2.34.